The van der Waals surface area contributed by atoms with Gasteiger partial charge in [0.05, 0.1) is 12.0 Å². The van der Waals surface area contributed by atoms with Crippen molar-refractivity contribution in [3.8, 4) is 6.07 Å². The fourth-order valence-corrected chi connectivity index (χ4v) is 1.77. The van der Waals surface area contributed by atoms with Gasteiger partial charge in [-0.15, -0.1) is 0 Å². The minimum atomic E-state index is -0.0473. The van der Waals surface area contributed by atoms with E-state index in [-0.39, 0.29) is 5.92 Å². The first-order valence-electron chi connectivity index (χ1n) is 4.70. The molecule has 0 amide bonds. The van der Waals surface area contributed by atoms with Gasteiger partial charge in [-0.1, -0.05) is 12.1 Å². The molecule has 0 aliphatic heterocycles. The van der Waals surface area contributed by atoms with Crippen molar-refractivity contribution >= 4 is 10.9 Å². The van der Waals surface area contributed by atoms with Gasteiger partial charge in [0.15, 0.2) is 0 Å². The predicted octanol–water partition coefficient (Wildman–Crippen LogP) is 3.10. The zero-order valence-electron chi connectivity index (χ0n) is 8.33. The molecule has 2 nitrogen and oxygen atoms in total. The Labute approximate surface area is 83.2 Å². The maximum Gasteiger partial charge on any atom is 0.0701 e. The molecule has 2 rings (SSSR count). The van der Waals surface area contributed by atoms with Gasteiger partial charge in [-0.2, -0.15) is 5.26 Å². The van der Waals surface area contributed by atoms with Crippen LogP contribution in [-0.4, -0.2) is 4.98 Å². The Hall–Kier alpha value is -1.75. The summed E-state index contributed by atoms with van der Waals surface area (Å²) in [7, 11) is 0. The van der Waals surface area contributed by atoms with Crippen LogP contribution >= 0.6 is 0 Å². The maximum absolute atomic E-state index is 8.89. The van der Waals surface area contributed by atoms with E-state index in [1.165, 1.54) is 5.39 Å². The first-order valence-corrected chi connectivity index (χ1v) is 4.70. The van der Waals surface area contributed by atoms with Crippen molar-refractivity contribution in [2.45, 2.75) is 19.8 Å². The molecule has 14 heavy (non-hydrogen) atoms. The Balaban J connectivity index is 2.71. The second kappa shape index (κ2) is 3.19. The van der Waals surface area contributed by atoms with E-state index in [1.807, 2.05) is 32.0 Å². The van der Waals surface area contributed by atoms with Crippen LogP contribution in [0.25, 0.3) is 10.9 Å². The van der Waals surface area contributed by atoms with E-state index in [2.05, 4.69) is 17.1 Å². The average Bonchev–Trinajstić information content (AvgIpc) is 2.56. The number of aromatic amines is 1. The highest BCUT2D eigenvalue weighted by molar-refractivity contribution is 5.84. The van der Waals surface area contributed by atoms with Crippen molar-refractivity contribution in [1.82, 2.24) is 4.98 Å². The van der Waals surface area contributed by atoms with E-state index in [4.69, 9.17) is 5.26 Å². The molecule has 70 valence electrons. The summed E-state index contributed by atoms with van der Waals surface area (Å²) in [5.74, 6) is -0.0473. The van der Waals surface area contributed by atoms with E-state index >= 15 is 0 Å². The molecular weight excluding hydrogens is 172 g/mol. The van der Waals surface area contributed by atoms with Crippen molar-refractivity contribution in [1.29, 1.82) is 5.26 Å². The normalized spacial score (nSPS) is 12.6. The zero-order valence-corrected chi connectivity index (χ0v) is 8.33. The Kier molecular flexibility index (Phi) is 2.01. The molecule has 0 fully saturated rings. The summed E-state index contributed by atoms with van der Waals surface area (Å²) in [4.78, 5) is 3.27. The Morgan fingerprint density at radius 1 is 1.43 bits per heavy atom. The van der Waals surface area contributed by atoms with Crippen LogP contribution in [0.2, 0.25) is 0 Å². The monoisotopic (exact) mass is 184 g/mol. The summed E-state index contributed by atoms with van der Waals surface area (Å²) < 4.78 is 0. The minimum absolute atomic E-state index is 0.0473. The van der Waals surface area contributed by atoms with E-state index in [1.54, 1.807) is 0 Å². The van der Waals surface area contributed by atoms with Crippen LogP contribution < -0.4 is 0 Å². The number of nitriles is 1. The molecule has 0 saturated carbocycles. The standard InChI is InChI=1S/C12H12N2/c1-8(7-13)10-4-3-5-12-11(10)6-9(2)14-12/h3-6,8,14H,1-2H3. The number of benzene rings is 1. The lowest BCUT2D eigenvalue weighted by Crippen LogP contribution is -1.89. The van der Waals surface area contributed by atoms with Gasteiger partial charge in [-0.25, -0.2) is 0 Å². The van der Waals surface area contributed by atoms with Crippen LogP contribution in [0.5, 0.6) is 0 Å². The van der Waals surface area contributed by atoms with Crippen LogP contribution in [0.4, 0.5) is 0 Å². The predicted molar refractivity (Wildman–Crippen MR) is 57.1 cm³/mol. The van der Waals surface area contributed by atoms with Crippen molar-refractivity contribution in [2.24, 2.45) is 0 Å². The van der Waals surface area contributed by atoms with E-state index in [9.17, 15) is 0 Å². The smallest absolute Gasteiger partial charge is 0.0701 e. The average molecular weight is 184 g/mol. The molecule has 0 aliphatic carbocycles. The van der Waals surface area contributed by atoms with Crippen LogP contribution in [0.3, 0.4) is 0 Å². The van der Waals surface area contributed by atoms with Gasteiger partial charge in [-0.3, -0.25) is 0 Å². The molecule has 1 atom stereocenters. The molecule has 0 spiro atoms. The maximum atomic E-state index is 8.89. The summed E-state index contributed by atoms with van der Waals surface area (Å²) in [5.41, 5.74) is 3.36. The van der Waals surface area contributed by atoms with Crippen LogP contribution in [-0.2, 0) is 0 Å². The van der Waals surface area contributed by atoms with Gasteiger partial charge in [0.1, 0.15) is 0 Å². The molecule has 1 aromatic heterocycles. The summed E-state index contributed by atoms with van der Waals surface area (Å²) in [6.07, 6.45) is 0. The lowest BCUT2D eigenvalue weighted by atomic mass is 9.99. The third-order valence-electron chi connectivity index (χ3n) is 2.49. The van der Waals surface area contributed by atoms with E-state index in [0.717, 1.165) is 16.8 Å². The lowest BCUT2D eigenvalue weighted by Gasteiger charge is -2.03. The topological polar surface area (TPSA) is 39.6 Å². The van der Waals surface area contributed by atoms with Gasteiger partial charge in [0.2, 0.25) is 0 Å². The second-order valence-corrected chi connectivity index (χ2v) is 3.61. The lowest BCUT2D eigenvalue weighted by molar-refractivity contribution is 0.995. The quantitative estimate of drug-likeness (QED) is 0.726. The van der Waals surface area contributed by atoms with Gasteiger partial charge < -0.3 is 4.98 Å². The fourth-order valence-electron chi connectivity index (χ4n) is 1.77. The van der Waals surface area contributed by atoms with E-state index in [0.29, 0.717) is 0 Å². The van der Waals surface area contributed by atoms with Gasteiger partial charge >= 0.3 is 0 Å². The molecular formula is C12H12N2. The highest BCUT2D eigenvalue weighted by Gasteiger charge is 2.09. The molecule has 2 aromatic rings. The third-order valence-corrected chi connectivity index (χ3v) is 2.49. The second-order valence-electron chi connectivity index (χ2n) is 3.61. The van der Waals surface area contributed by atoms with Gasteiger partial charge in [0, 0.05) is 16.6 Å². The third kappa shape index (κ3) is 1.27. The summed E-state index contributed by atoms with van der Waals surface area (Å²) >= 11 is 0. The molecule has 1 N–H and O–H groups in total. The van der Waals surface area contributed by atoms with Crippen molar-refractivity contribution in [3.63, 3.8) is 0 Å². The Bertz CT molecular complexity index is 503. The number of hydrogen-bond donors (Lipinski definition) is 1. The Morgan fingerprint density at radius 2 is 2.21 bits per heavy atom. The molecule has 1 heterocycles. The number of H-pyrrole nitrogens is 1. The van der Waals surface area contributed by atoms with Crippen molar-refractivity contribution in [2.75, 3.05) is 0 Å². The number of fused-ring (bicyclic) bond motifs is 1. The number of aromatic nitrogens is 1. The molecule has 0 bridgehead atoms. The van der Waals surface area contributed by atoms with Crippen LogP contribution in [0, 0.1) is 18.3 Å². The fraction of sp³-hybridized carbons (Fsp3) is 0.250. The number of aryl methyl sites for hydroxylation is 1. The van der Waals surface area contributed by atoms with Crippen molar-refractivity contribution in [3.05, 3.63) is 35.5 Å². The highest BCUT2D eigenvalue weighted by atomic mass is 14.7. The van der Waals surface area contributed by atoms with Crippen LogP contribution in [0.1, 0.15) is 24.1 Å². The molecule has 0 radical (unpaired) electrons. The summed E-state index contributed by atoms with van der Waals surface area (Å²) in [5, 5.41) is 10.1. The van der Waals surface area contributed by atoms with Crippen molar-refractivity contribution < 1.29 is 0 Å². The molecule has 2 heteroatoms. The summed E-state index contributed by atoms with van der Waals surface area (Å²) in [6.45, 7) is 3.96. The number of hydrogen-bond acceptors (Lipinski definition) is 1. The summed E-state index contributed by atoms with van der Waals surface area (Å²) in [6, 6.07) is 10.4. The zero-order chi connectivity index (χ0) is 10.1. The molecule has 0 aliphatic rings. The van der Waals surface area contributed by atoms with Crippen LogP contribution in [0.15, 0.2) is 24.3 Å². The molecule has 0 saturated heterocycles. The first kappa shape index (κ1) is 8.83. The van der Waals surface area contributed by atoms with Gasteiger partial charge in [0.25, 0.3) is 0 Å². The number of rotatable bonds is 1. The highest BCUT2D eigenvalue weighted by Crippen LogP contribution is 2.25. The van der Waals surface area contributed by atoms with Gasteiger partial charge in [-0.05, 0) is 31.5 Å². The largest absolute Gasteiger partial charge is 0.359 e. The SMILES string of the molecule is Cc1cc2c(C(C)C#N)cccc2[nH]1. The molecule has 1 aromatic carbocycles. The number of nitrogens with zero attached hydrogens (tertiary/aromatic N) is 1. The van der Waals surface area contributed by atoms with E-state index < -0.39 is 0 Å². The first-order chi connectivity index (χ1) is 6.72. The molecule has 1 unspecified atom stereocenters. The Morgan fingerprint density at radius 3 is 2.93 bits per heavy atom. The minimum Gasteiger partial charge on any atom is -0.359 e. The number of nitrogens with one attached hydrogen (secondary N) is 1.